The molecular weight excluding hydrogens is 410 g/mol. The molecule has 0 saturated carbocycles. The van der Waals surface area contributed by atoms with Gasteiger partial charge in [0, 0.05) is 23.7 Å². The number of rotatable bonds is 7. The molecule has 4 N–H and O–H groups in total. The van der Waals surface area contributed by atoms with Crippen molar-refractivity contribution in [1.29, 1.82) is 0 Å². The van der Waals surface area contributed by atoms with Crippen LogP contribution in [0.5, 0.6) is 0 Å². The molecular formula is C16H19N3O7S2. The van der Waals surface area contributed by atoms with E-state index < -0.39 is 46.9 Å². The number of carbonyl (C=O) groups excluding carboxylic acids is 3. The smallest absolute Gasteiger partial charge is 0.404 e. The van der Waals surface area contributed by atoms with Crippen LogP contribution in [0.4, 0.5) is 4.79 Å². The lowest BCUT2D eigenvalue weighted by Gasteiger charge is -2.59. The van der Waals surface area contributed by atoms with Crippen molar-refractivity contribution in [3.63, 3.8) is 0 Å². The zero-order valence-corrected chi connectivity index (χ0v) is 16.5. The van der Waals surface area contributed by atoms with E-state index in [1.54, 1.807) is 6.07 Å². The highest BCUT2D eigenvalue weighted by Crippen LogP contribution is 2.46. The normalized spacial score (nSPS) is 28.8. The van der Waals surface area contributed by atoms with Crippen molar-refractivity contribution < 1.29 is 33.8 Å². The third-order valence-corrected chi connectivity index (χ3v) is 6.99. The molecule has 0 aromatic carbocycles. The van der Waals surface area contributed by atoms with Gasteiger partial charge in [-0.25, -0.2) is 9.59 Å². The van der Waals surface area contributed by atoms with Gasteiger partial charge in [-0.1, -0.05) is 6.07 Å². The molecule has 2 aliphatic heterocycles. The maximum atomic E-state index is 12.9. The number of carbonyl (C=O) groups is 4. The minimum absolute atomic E-state index is 0.0882. The van der Waals surface area contributed by atoms with Gasteiger partial charge in [0.25, 0.3) is 11.6 Å². The van der Waals surface area contributed by atoms with Gasteiger partial charge in [0.15, 0.2) is 0 Å². The molecule has 2 fully saturated rings. The predicted molar refractivity (Wildman–Crippen MR) is 99.4 cm³/mol. The highest BCUT2D eigenvalue weighted by atomic mass is 32.2. The lowest BCUT2D eigenvalue weighted by molar-refractivity contribution is -0.207. The zero-order valence-electron chi connectivity index (χ0n) is 14.8. The Morgan fingerprint density at radius 1 is 1.46 bits per heavy atom. The molecule has 152 valence electrons. The number of nitrogens with one attached hydrogen (secondary N) is 1. The molecule has 3 rings (SSSR count). The molecule has 4 atom stereocenters. The summed E-state index contributed by atoms with van der Waals surface area (Å²) < 4.78 is 10.1. The monoisotopic (exact) mass is 429 g/mol. The Bertz CT molecular complexity index is 787. The molecule has 0 bridgehead atoms. The van der Waals surface area contributed by atoms with E-state index in [9.17, 15) is 24.3 Å². The summed E-state index contributed by atoms with van der Waals surface area (Å²) in [6, 6.07) is 2.41. The number of methoxy groups -OCH3 is 1. The minimum atomic E-state index is -1.62. The lowest BCUT2D eigenvalue weighted by Crippen LogP contribution is -2.84. The average molecular weight is 429 g/mol. The quantitative estimate of drug-likeness (QED) is 0.400. The molecule has 0 spiro atoms. The third-order valence-electron chi connectivity index (χ3n) is 4.62. The zero-order chi connectivity index (χ0) is 20.5. The van der Waals surface area contributed by atoms with E-state index in [0.29, 0.717) is 0 Å². The van der Waals surface area contributed by atoms with Gasteiger partial charge in [0.2, 0.25) is 5.91 Å². The molecule has 10 nitrogen and oxygen atoms in total. The second-order valence-electron chi connectivity index (χ2n) is 6.32. The number of nitrogens with two attached hydrogens (primary N) is 1. The van der Waals surface area contributed by atoms with E-state index in [1.165, 1.54) is 30.2 Å². The highest BCUT2D eigenvalue weighted by molar-refractivity contribution is 8.00. The molecule has 2 unspecified atom stereocenters. The van der Waals surface area contributed by atoms with Crippen LogP contribution >= 0.6 is 23.1 Å². The summed E-state index contributed by atoms with van der Waals surface area (Å²) >= 11 is 2.67. The van der Waals surface area contributed by atoms with Crippen LogP contribution in [0.15, 0.2) is 17.5 Å². The molecule has 0 radical (unpaired) electrons. The lowest BCUT2D eigenvalue weighted by atomic mass is 9.91. The molecule has 1 aromatic heterocycles. The number of aliphatic carboxylic acids is 1. The van der Waals surface area contributed by atoms with Crippen LogP contribution < -0.4 is 11.1 Å². The van der Waals surface area contributed by atoms with Crippen LogP contribution in [0.3, 0.4) is 0 Å². The third kappa shape index (κ3) is 3.54. The van der Waals surface area contributed by atoms with Gasteiger partial charge in [-0.2, -0.15) is 0 Å². The fourth-order valence-electron chi connectivity index (χ4n) is 3.36. The summed E-state index contributed by atoms with van der Waals surface area (Å²) in [6.45, 7) is -0.222. The first-order valence-electron chi connectivity index (χ1n) is 8.28. The number of hydrogen-bond acceptors (Lipinski definition) is 8. The van der Waals surface area contributed by atoms with Crippen LogP contribution in [0, 0.1) is 5.92 Å². The van der Waals surface area contributed by atoms with E-state index in [4.69, 9.17) is 15.2 Å². The predicted octanol–water partition coefficient (Wildman–Crippen LogP) is -0.171. The van der Waals surface area contributed by atoms with E-state index in [2.05, 4.69) is 5.32 Å². The molecule has 2 saturated heterocycles. The van der Waals surface area contributed by atoms with E-state index >= 15 is 0 Å². The number of hydrogen-bond donors (Lipinski definition) is 3. The van der Waals surface area contributed by atoms with Gasteiger partial charge < -0.3 is 30.5 Å². The van der Waals surface area contributed by atoms with Gasteiger partial charge >= 0.3 is 12.1 Å². The van der Waals surface area contributed by atoms with Crippen molar-refractivity contribution in [3.05, 3.63) is 22.4 Å². The first-order valence-corrected chi connectivity index (χ1v) is 10.2. The molecule has 0 aliphatic carbocycles. The SMILES string of the molecule is CO[C@@]1(NC(=O)Cc2cccs2)C(=O)N2C(C(=O)O)C(COC(N)=O)CS[C@@H]21. The van der Waals surface area contributed by atoms with Gasteiger partial charge in [-0.15, -0.1) is 23.1 Å². The number of thiophene rings is 1. The summed E-state index contributed by atoms with van der Waals surface area (Å²) in [5.74, 6) is -2.63. The number of amides is 3. The Hall–Kier alpha value is -2.31. The maximum Gasteiger partial charge on any atom is 0.404 e. The number of nitrogens with zero attached hydrogens (tertiary/aromatic N) is 1. The van der Waals surface area contributed by atoms with Crippen LogP contribution in [0.2, 0.25) is 0 Å². The van der Waals surface area contributed by atoms with Crippen LogP contribution in [0.25, 0.3) is 0 Å². The Labute approximate surface area is 168 Å². The Kier molecular flexibility index (Phi) is 5.82. The van der Waals surface area contributed by atoms with Crippen molar-refractivity contribution in [3.8, 4) is 0 Å². The average Bonchev–Trinajstić information content (AvgIpc) is 3.15. The summed E-state index contributed by atoms with van der Waals surface area (Å²) in [7, 11) is 1.29. The summed E-state index contributed by atoms with van der Waals surface area (Å²) in [6.07, 6.45) is -0.927. The summed E-state index contributed by atoms with van der Waals surface area (Å²) in [5, 5.41) is 13.4. The largest absolute Gasteiger partial charge is 0.480 e. The van der Waals surface area contributed by atoms with Crippen LogP contribution in [0.1, 0.15) is 4.88 Å². The number of primary amides is 1. The molecule has 3 heterocycles. The minimum Gasteiger partial charge on any atom is -0.480 e. The number of thioether (sulfide) groups is 1. The molecule has 1 aromatic rings. The van der Waals surface area contributed by atoms with Crippen LogP contribution in [-0.4, -0.2) is 70.5 Å². The van der Waals surface area contributed by atoms with E-state index in [0.717, 1.165) is 9.78 Å². The number of carboxylic acids is 1. The first-order chi connectivity index (χ1) is 13.3. The van der Waals surface area contributed by atoms with Crippen molar-refractivity contribution in [1.82, 2.24) is 10.2 Å². The van der Waals surface area contributed by atoms with Gasteiger partial charge in [-0.05, 0) is 11.4 Å². The maximum absolute atomic E-state index is 12.9. The fraction of sp³-hybridized carbons (Fsp3) is 0.500. The van der Waals surface area contributed by atoms with Crippen molar-refractivity contribution >= 4 is 47.0 Å². The summed E-state index contributed by atoms with van der Waals surface area (Å²) in [5.41, 5.74) is 3.32. The Balaban J connectivity index is 1.75. The van der Waals surface area contributed by atoms with Crippen molar-refractivity contribution in [2.75, 3.05) is 19.5 Å². The summed E-state index contributed by atoms with van der Waals surface area (Å²) in [4.78, 5) is 49.9. The second kappa shape index (κ2) is 7.97. The number of ether oxygens (including phenoxy) is 2. The van der Waals surface area contributed by atoms with E-state index in [-0.39, 0.29) is 18.8 Å². The highest BCUT2D eigenvalue weighted by Gasteiger charge is 2.68. The fourth-order valence-corrected chi connectivity index (χ4v) is 5.65. The molecule has 2 aliphatic rings. The second-order valence-corrected chi connectivity index (χ2v) is 8.46. The Morgan fingerprint density at radius 2 is 2.21 bits per heavy atom. The van der Waals surface area contributed by atoms with Gasteiger partial charge in [-0.3, -0.25) is 9.59 Å². The molecule has 12 heteroatoms. The molecule has 3 amide bonds. The van der Waals surface area contributed by atoms with Crippen molar-refractivity contribution in [2.45, 2.75) is 23.6 Å². The van der Waals surface area contributed by atoms with Crippen LogP contribution in [-0.2, 0) is 30.3 Å². The number of fused-ring (bicyclic) bond motifs is 1. The van der Waals surface area contributed by atoms with Gasteiger partial charge in [0.05, 0.1) is 13.0 Å². The molecule has 28 heavy (non-hydrogen) atoms. The van der Waals surface area contributed by atoms with Gasteiger partial charge in [0.1, 0.15) is 11.4 Å². The Morgan fingerprint density at radius 3 is 2.79 bits per heavy atom. The standard InChI is InChI=1S/C16H19N3O7S2/c1-25-16(18-10(20)5-9-3-2-4-27-9)13(23)19-11(12(21)22)8(6-26-15(17)24)7-28-14(16)19/h2-4,8,11,14H,5-7H2,1H3,(H2,17,24)(H,18,20)(H,21,22)/t8?,11?,14-,16+/m1/s1. The van der Waals surface area contributed by atoms with E-state index in [1.807, 2.05) is 11.4 Å². The first kappa shape index (κ1) is 20.4. The number of β-lactam (4-membered cyclic amide) rings is 1. The topological polar surface area (TPSA) is 148 Å². The van der Waals surface area contributed by atoms with Crippen molar-refractivity contribution in [2.24, 2.45) is 11.7 Å². The number of carboxylic acid groups (broad SMARTS) is 1.